The van der Waals surface area contributed by atoms with Crippen molar-refractivity contribution in [2.24, 2.45) is 0 Å². The molecule has 0 spiro atoms. The maximum atomic E-state index is 11.3. The molecule has 2 aliphatic rings. The molecule has 0 atom stereocenters. The van der Waals surface area contributed by atoms with Crippen LogP contribution in [0.25, 0.3) is 0 Å². The molecule has 0 N–H and O–H groups in total. The third-order valence-corrected chi connectivity index (χ3v) is 5.42. The molecule has 1 saturated carbocycles. The summed E-state index contributed by atoms with van der Waals surface area (Å²) in [5, 5.41) is 0. The Morgan fingerprint density at radius 3 is 2.50 bits per heavy atom. The van der Waals surface area contributed by atoms with Gasteiger partial charge < -0.3 is 9.64 Å². The van der Waals surface area contributed by atoms with Gasteiger partial charge >= 0.3 is 5.97 Å². The van der Waals surface area contributed by atoms with Crippen molar-refractivity contribution < 1.29 is 9.53 Å². The molecule has 0 radical (unpaired) electrons. The van der Waals surface area contributed by atoms with Crippen molar-refractivity contribution in [1.82, 2.24) is 9.80 Å². The van der Waals surface area contributed by atoms with E-state index < -0.39 is 0 Å². The highest BCUT2D eigenvalue weighted by molar-refractivity contribution is 8.00. The molecule has 1 aliphatic heterocycles. The summed E-state index contributed by atoms with van der Waals surface area (Å²) in [7, 11) is 1.46. The van der Waals surface area contributed by atoms with Crippen molar-refractivity contribution in [3.05, 3.63) is 0 Å². The van der Waals surface area contributed by atoms with Crippen LogP contribution in [0.3, 0.4) is 0 Å². The fraction of sp³-hybridized carbons (Fsp3) is 0.923. The quantitative estimate of drug-likeness (QED) is 0.699. The zero-order valence-electron chi connectivity index (χ0n) is 11.5. The van der Waals surface area contributed by atoms with Gasteiger partial charge in [-0.2, -0.15) is 11.8 Å². The summed E-state index contributed by atoms with van der Waals surface area (Å²) in [5.41, 5.74) is 0. The van der Waals surface area contributed by atoms with Gasteiger partial charge in [0.05, 0.1) is 13.7 Å². The predicted octanol–water partition coefficient (Wildman–Crippen LogP) is 1.06. The third kappa shape index (κ3) is 3.87. The van der Waals surface area contributed by atoms with Gasteiger partial charge in [0.25, 0.3) is 0 Å². The molecule has 1 saturated heterocycles. The van der Waals surface area contributed by atoms with Gasteiger partial charge in [-0.15, -0.1) is 0 Å². The van der Waals surface area contributed by atoms with Crippen LogP contribution in [-0.4, -0.2) is 73.2 Å². The molecule has 1 heterocycles. The lowest BCUT2D eigenvalue weighted by Gasteiger charge is -2.25. The second-order valence-corrected chi connectivity index (χ2v) is 6.64. The molecule has 0 amide bonds. The van der Waals surface area contributed by atoms with Crippen molar-refractivity contribution in [3.8, 4) is 0 Å². The van der Waals surface area contributed by atoms with Gasteiger partial charge in [0.2, 0.25) is 0 Å². The lowest BCUT2D eigenvalue weighted by atomic mass is 10.3. The average Bonchev–Trinajstić information content (AvgIpc) is 3.17. The van der Waals surface area contributed by atoms with Crippen LogP contribution in [-0.2, 0) is 9.53 Å². The molecular weight excluding hydrogens is 248 g/mol. The maximum absolute atomic E-state index is 11.3. The van der Waals surface area contributed by atoms with Gasteiger partial charge in [-0.25, -0.2) is 0 Å². The van der Waals surface area contributed by atoms with Crippen LogP contribution < -0.4 is 0 Å². The first-order valence-electron chi connectivity index (χ1n) is 6.74. The third-order valence-electron chi connectivity index (χ3n) is 4.01. The van der Waals surface area contributed by atoms with E-state index in [1.54, 1.807) is 0 Å². The number of nitrogens with zero attached hydrogens (tertiary/aromatic N) is 2. The molecule has 0 aromatic rings. The second-order valence-electron chi connectivity index (χ2n) is 5.37. The van der Waals surface area contributed by atoms with E-state index in [2.05, 4.69) is 16.1 Å². The van der Waals surface area contributed by atoms with Crippen molar-refractivity contribution in [2.75, 3.05) is 52.6 Å². The van der Waals surface area contributed by atoms with E-state index in [1.807, 2.05) is 11.8 Å². The lowest BCUT2D eigenvalue weighted by molar-refractivity contribution is -0.141. The molecule has 0 bridgehead atoms. The number of ether oxygens (including phenoxy) is 1. The normalized spacial score (nSPS) is 24.6. The Labute approximate surface area is 114 Å². The number of hydrogen-bond acceptors (Lipinski definition) is 5. The minimum absolute atomic E-state index is 0.119. The van der Waals surface area contributed by atoms with Crippen LogP contribution in [0.2, 0.25) is 0 Å². The molecule has 0 aromatic carbocycles. The minimum Gasteiger partial charge on any atom is -0.468 e. The number of carbonyl (C=O) groups excluding carboxylic acids is 1. The Kier molecular flexibility index (Phi) is 4.92. The first-order chi connectivity index (χ1) is 8.67. The first kappa shape index (κ1) is 14.2. The maximum Gasteiger partial charge on any atom is 0.319 e. The first-order valence-corrected chi connectivity index (χ1v) is 7.97. The smallest absolute Gasteiger partial charge is 0.319 e. The zero-order valence-corrected chi connectivity index (χ0v) is 12.3. The highest BCUT2D eigenvalue weighted by Gasteiger charge is 2.43. The van der Waals surface area contributed by atoms with Crippen LogP contribution in [0, 0.1) is 0 Å². The molecule has 4 nitrogen and oxygen atoms in total. The van der Waals surface area contributed by atoms with Gasteiger partial charge in [0.15, 0.2) is 0 Å². The van der Waals surface area contributed by atoms with Crippen molar-refractivity contribution >= 4 is 17.7 Å². The molecule has 5 heteroatoms. The second kappa shape index (κ2) is 6.26. The molecule has 2 rings (SSSR count). The lowest BCUT2D eigenvalue weighted by Crippen LogP contribution is -2.37. The summed E-state index contributed by atoms with van der Waals surface area (Å²) in [6.07, 6.45) is 6.13. The van der Waals surface area contributed by atoms with E-state index >= 15 is 0 Å². The summed E-state index contributed by atoms with van der Waals surface area (Å²) in [6.45, 7) is 5.91. The number of carbonyl (C=O) groups is 1. The van der Waals surface area contributed by atoms with E-state index in [4.69, 9.17) is 4.74 Å². The van der Waals surface area contributed by atoms with Gasteiger partial charge in [0.1, 0.15) is 0 Å². The van der Waals surface area contributed by atoms with Crippen molar-refractivity contribution in [1.29, 1.82) is 0 Å². The zero-order chi connectivity index (χ0) is 13.0. The summed E-state index contributed by atoms with van der Waals surface area (Å²) >= 11 is 2.02. The molecule has 104 valence electrons. The average molecular weight is 272 g/mol. The standard InChI is InChI=1S/C13H24N2O2S/c1-17-12(16)10-14-6-3-7-15(9-8-14)11-13(18-2)4-5-13/h3-11H2,1-2H3. The SMILES string of the molecule is COC(=O)CN1CCCN(CC2(SC)CC2)CC1. The summed E-state index contributed by atoms with van der Waals surface area (Å²) in [5.74, 6) is -0.119. The largest absolute Gasteiger partial charge is 0.468 e. The molecule has 18 heavy (non-hydrogen) atoms. The van der Waals surface area contributed by atoms with E-state index in [0.29, 0.717) is 11.3 Å². The molecular formula is C13H24N2O2S. The Morgan fingerprint density at radius 2 is 1.89 bits per heavy atom. The summed E-state index contributed by atoms with van der Waals surface area (Å²) in [6, 6.07) is 0. The van der Waals surface area contributed by atoms with Crippen LogP contribution in [0.1, 0.15) is 19.3 Å². The predicted molar refractivity (Wildman–Crippen MR) is 75.0 cm³/mol. The van der Waals surface area contributed by atoms with Gasteiger partial charge in [0, 0.05) is 30.9 Å². The molecule has 2 fully saturated rings. The topological polar surface area (TPSA) is 32.8 Å². The van der Waals surface area contributed by atoms with Gasteiger partial charge in [-0.3, -0.25) is 9.69 Å². The number of methoxy groups -OCH3 is 1. The van der Waals surface area contributed by atoms with E-state index in [1.165, 1.54) is 33.0 Å². The van der Waals surface area contributed by atoms with Crippen LogP contribution in [0.5, 0.6) is 0 Å². The number of hydrogen-bond donors (Lipinski definition) is 0. The molecule has 0 unspecified atom stereocenters. The Bertz CT molecular complexity index is 295. The Balaban J connectivity index is 1.76. The Hall–Kier alpha value is -0.260. The van der Waals surface area contributed by atoms with Crippen molar-refractivity contribution in [2.45, 2.75) is 24.0 Å². The highest BCUT2D eigenvalue weighted by atomic mass is 32.2. The number of esters is 1. The molecule has 1 aliphatic carbocycles. The van der Waals surface area contributed by atoms with Crippen molar-refractivity contribution in [3.63, 3.8) is 0 Å². The van der Waals surface area contributed by atoms with Gasteiger partial charge in [-0.1, -0.05) is 0 Å². The molecule has 0 aromatic heterocycles. The summed E-state index contributed by atoms with van der Waals surface area (Å²) < 4.78 is 5.28. The van der Waals surface area contributed by atoms with Crippen LogP contribution in [0.15, 0.2) is 0 Å². The number of thioether (sulfide) groups is 1. The van der Waals surface area contributed by atoms with E-state index in [-0.39, 0.29) is 5.97 Å². The summed E-state index contributed by atoms with van der Waals surface area (Å²) in [4.78, 5) is 16.1. The van der Waals surface area contributed by atoms with Gasteiger partial charge in [-0.05, 0) is 32.1 Å². The van der Waals surface area contributed by atoms with Crippen LogP contribution in [0.4, 0.5) is 0 Å². The van der Waals surface area contributed by atoms with E-state index in [0.717, 1.165) is 26.1 Å². The number of rotatable bonds is 5. The fourth-order valence-electron chi connectivity index (χ4n) is 2.56. The monoisotopic (exact) mass is 272 g/mol. The fourth-order valence-corrected chi connectivity index (χ4v) is 3.38. The van der Waals surface area contributed by atoms with E-state index in [9.17, 15) is 4.79 Å². The Morgan fingerprint density at radius 1 is 1.22 bits per heavy atom. The van der Waals surface area contributed by atoms with Crippen LogP contribution >= 0.6 is 11.8 Å². The minimum atomic E-state index is -0.119. The highest BCUT2D eigenvalue weighted by Crippen LogP contribution is 2.47.